The molecule has 0 bridgehead atoms. The summed E-state index contributed by atoms with van der Waals surface area (Å²) in [5, 5.41) is 13.3. The monoisotopic (exact) mass is 314 g/mol. The van der Waals surface area contributed by atoms with Crippen LogP contribution < -0.4 is 10.1 Å². The Bertz CT molecular complexity index is 483. The number of ether oxygens (including phenoxy) is 1. The van der Waals surface area contributed by atoms with Gasteiger partial charge in [0.25, 0.3) is 0 Å². The lowest BCUT2D eigenvalue weighted by molar-refractivity contribution is 0.249. The summed E-state index contributed by atoms with van der Waals surface area (Å²) in [6.07, 6.45) is 0.103. The summed E-state index contributed by atoms with van der Waals surface area (Å²) >= 11 is 12.2. The van der Waals surface area contributed by atoms with E-state index in [1.165, 1.54) is 0 Å². The summed E-state index contributed by atoms with van der Waals surface area (Å²) in [7, 11) is 0. The van der Waals surface area contributed by atoms with E-state index in [0.717, 1.165) is 12.1 Å². The molecule has 1 unspecified atom stereocenters. The van der Waals surface area contributed by atoms with Crippen LogP contribution in [0, 0.1) is 17.2 Å². The molecular formula is C15H20Cl2N2O. The molecule has 0 fully saturated rings. The quantitative estimate of drug-likeness (QED) is 0.810. The van der Waals surface area contributed by atoms with Crippen molar-refractivity contribution in [2.45, 2.75) is 39.8 Å². The fourth-order valence-electron chi connectivity index (χ4n) is 1.72. The van der Waals surface area contributed by atoms with E-state index in [1.807, 2.05) is 13.0 Å². The standard InChI is InChI=1S/C15H20Cl2N2O/c1-4-13(7-18)20-15-11(9-19-8-10(2)3)5-12(16)6-14(15)17/h5-6,10,13,19H,4,8-9H2,1-3H3. The number of hydrogen-bond donors (Lipinski definition) is 1. The number of rotatable bonds is 7. The Balaban J connectivity index is 2.93. The van der Waals surface area contributed by atoms with E-state index in [2.05, 4.69) is 25.2 Å². The molecule has 1 aromatic carbocycles. The highest BCUT2D eigenvalue weighted by Crippen LogP contribution is 2.33. The molecule has 0 radical (unpaired) electrons. The molecule has 0 heterocycles. The summed E-state index contributed by atoms with van der Waals surface area (Å²) in [4.78, 5) is 0. The number of hydrogen-bond acceptors (Lipinski definition) is 3. The molecule has 0 spiro atoms. The van der Waals surface area contributed by atoms with Gasteiger partial charge in [0.15, 0.2) is 6.10 Å². The van der Waals surface area contributed by atoms with Gasteiger partial charge in [0.2, 0.25) is 0 Å². The van der Waals surface area contributed by atoms with Crippen molar-refractivity contribution >= 4 is 23.2 Å². The van der Waals surface area contributed by atoms with Crippen LogP contribution in [0.15, 0.2) is 12.1 Å². The average molecular weight is 315 g/mol. The van der Waals surface area contributed by atoms with Crippen molar-refractivity contribution in [1.82, 2.24) is 5.32 Å². The smallest absolute Gasteiger partial charge is 0.184 e. The first-order valence-electron chi connectivity index (χ1n) is 6.72. The fourth-order valence-corrected chi connectivity index (χ4v) is 2.30. The Morgan fingerprint density at radius 2 is 2.05 bits per heavy atom. The maximum Gasteiger partial charge on any atom is 0.184 e. The van der Waals surface area contributed by atoms with Crippen molar-refractivity contribution < 1.29 is 4.74 Å². The SMILES string of the molecule is CCC(C#N)Oc1c(Cl)cc(Cl)cc1CNCC(C)C. The molecule has 110 valence electrons. The van der Waals surface area contributed by atoms with Gasteiger partial charge >= 0.3 is 0 Å². The zero-order valence-electron chi connectivity index (χ0n) is 12.0. The maximum atomic E-state index is 9.01. The number of nitrogens with zero attached hydrogens (tertiary/aromatic N) is 1. The van der Waals surface area contributed by atoms with Crippen LogP contribution in [0.4, 0.5) is 0 Å². The molecule has 0 amide bonds. The van der Waals surface area contributed by atoms with Crippen LogP contribution in [0.25, 0.3) is 0 Å². The minimum atomic E-state index is -0.502. The van der Waals surface area contributed by atoms with Crippen LogP contribution >= 0.6 is 23.2 Å². The van der Waals surface area contributed by atoms with Gasteiger partial charge in [-0.05, 0) is 31.0 Å². The van der Waals surface area contributed by atoms with Gasteiger partial charge in [0, 0.05) is 17.1 Å². The number of benzene rings is 1. The molecule has 1 aromatic rings. The van der Waals surface area contributed by atoms with Crippen LogP contribution in [0.5, 0.6) is 5.75 Å². The zero-order chi connectivity index (χ0) is 15.1. The molecule has 0 aliphatic rings. The van der Waals surface area contributed by atoms with E-state index in [0.29, 0.717) is 34.7 Å². The zero-order valence-corrected chi connectivity index (χ0v) is 13.6. The molecule has 0 saturated carbocycles. The van der Waals surface area contributed by atoms with E-state index >= 15 is 0 Å². The Morgan fingerprint density at radius 3 is 2.60 bits per heavy atom. The summed E-state index contributed by atoms with van der Waals surface area (Å²) in [6.45, 7) is 7.67. The molecule has 0 aromatic heterocycles. The minimum absolute atomic E-state index is 0.438. The highest BCUT2D eigenvalue weighted by atomic mass is 35.5. The lowest BCUT2D eigenvalue weighted by Crippen LogP contribution is -2.20. The first-order chi connectivity index (χ1) is 9.47. The normalized spacial score (nSPS) is 12.2. The van der Waals surface area contributed by atoms with Gasteiger partial charge in [0.05, 0.1) is 5.02 Å². The van der Waals surface area contributed by atoms with Gasteiger partial charge in [-0.15, -0.1) is 0 Å². The van der Waals surface area contributed by atoms with Crippen LogP contribution in [0.3, 0.4) is 0 Å². The van der Waals surface area contributed by atoms with Crippen molar-refractivity contribution in [3.05, 3.63) is 27.7 Å². The fraction of sp³-hybridized carbons (Fsp3) is 0.533. The third-order valence-electron chi connectivity index (χ3n) is 2.73. The number of halogens is 2. The predicted molar refractivity (Wildman–Crippen MR) is 83.3 cm³/mol. The van der Waals surface area contributed by atoms with Crippen LogP contribution in [0.2, 0.25) is 10.0 Å². The average Bonchev–Trinajstić information content (AvgIpc) is 2.37. The molecule has 5 heteroatoms. The third-order valence-corrected chi connectivity index (χ3v) is 3.23. The van der Waals surface area contributed by atoms with Crippen molar-refractivity contribution in [3.63, 3.8) is 0 Å². The molecule has 0 aliphatic heterocycles. The molecule has 3 nitrogen and oxygen atoms in total. The topological polar surface area (TPSA) is 45.0 Å². The minimum Gasteiger partial charge on any atom is -0.474 e. The molecule has 1 N–H and O–H groups in total. The van der Waals surface area contributed by atoms with E-state index < -0.39 is 6.10 Å². The molecular weight excluding hydrogens is 295 g/mol. The lowest BCUT2D eigenvalue weighted by atomic mass is 10.1. The molecule has 0 saturated heterocycles. The second-order valence-corrected chi connectivity index (χ2v) is 5.89. The molecule has 1 rings (SSSR count). The number of nitrogens with one attached hydrogen (secondary N) is 1. The summed E-state index contributed by atoms with van der Waals surface area (Å²) in [6, 6.07) is 5.56. The largest absolute Gasteiger partial charge is 0.474 e. The second kappa shape index (κ2) is 8.36. The van der Waals surface area contributed by atoms with Crippen molar-refractivity contribution in [3.8, 4) is 11.8 Å². The Morgan fingerprint density at radius 1 is 1.35 bits per heavy atom. The van der Waals surface area contributed by atoms with Gasteiger partial charge in [0.1, 0.15) is 11.8 Å². The Labute approximate surface area is 130 Å². The van der Waals surface area contributed by atoms with Crippen LogP contribution in [-0.4, -0.2) is 12.6 Å². The van der Waals surface area contributed by atoms with E-state index in [4.69, 9.17) is 33.2 Å². The van der Waals surface area contributed by atoms with E-state index in [9.17, 15) is 0 Å². The number of nitriles is 1. The van der Waals surface area contributed by atoms with Gasteiger partial charge in [-0.2, -0.15) is 5.26 Å². The third kappa shape index (κ3) is 5.20. The second-order valence-electron chi connectivity index (χ2n) is 5.04. The van der Waals surface area contributed by atoms with E-state index in [-0.39, 0.29) is 0 Å². The highest BCUT2D eigenvalue weighted by Gasteiger charge is 2.15. The van der Waals surface area contributed by atoms with Crippen LogP contribution in [0.1, 0.15) is 32.8 Å². The van der Waals surface area contributed by atoms with Gasteiger partial charge in [-0.3, -0.25) is 0 Å². The summed E-state index contributed by atoms with van der Waals surface area (Å²) < 4.78 is 5.70. The van der Waals surface area contributed by atoms with Crippen molar-refractivity contribution in [2.75, 3.05) is 6.54 Å². The predicted octanol–water partition coefficient (Wildman–Crippen LogP) is 4.42. The molecule has 0 aliphatic carbocycles. The first kappa shape index (κ1) is 17.1. The lowest BCUT2D eigenvalue weighted by Gasteiger charge is -2.17. The van der Waals surface area contributed by atoms with Gasteiger partial charge < -0.3 is 10.1 Å². The van der Waals surface area contributed by atoms with Crippen molar-refractivity contribution in [1.29, 1.82) is 5.26 Å². The Kier molecular flexibility index (Phi) is 7.15. The highest BCUT2D eigenvalue weighted by molar-refractivity contribution is 6.35. The molecule has 20 heavy (non-hydrogen) atoms. The maximum absolute atomic E-state index is 9.01. The van der Waals surface area contributed by atoms with Crippen LogP contribution in [-0.2, 0) is 6.54 Å². The van der Waals surface area contributed by atoms with Gasteiger partial charge in [-0.1, -0.05) is 44.0 Å². The van der Waals surface area contributed by atoms with Crippen molar-refractivity contribution in [2.24, 2.45) is 5.92 Å². The first-order valence-corrected chi connectivity index (χ1v) is 7.48. The molecule has 1 atom stereocenters. The summed E-state index contributed by atoms with van der Waals surface area (Å²) in [5.74, 6) is 1.09. The van der Waals surface area contributed by atoms with E-state index in [1.54, 1.807) is 6.07 Å². The van der Waals surface area contributed by atoms with Gasteiger partial charge in [-0.25, -0.2) is 0 Å². The summed E-state index contributed by atoms with van der Waals surface area (Å²) in [5.41, 5.74) is 0.872. The Hall–Kier alpha value is -0.950.